The minimum absolute atomic E-state index is 0. The van der Waals surface area contributed by atoms with Crippen molar-refractivity contribution in [1.29, 1.82) is 0 Å². The molecule has 6 nitrogen and oxygen atoms in total. The van der Waals surface area contributed by atoms with E-state index < -0.39 is 10.0 Å². The molecule has 0 amide bonds. The van der Waals surface area contributed by atoms with E-state index in [4.69, 9.17) is 9.47 Å². The summed E-state index contributed by atoms with van der Waals surface area (Å²) >= 11 is 0. The largest absolute Gasteiger partial charge is 0.496 e. The second-order valence-corrected chi connectivity index (χ2v) is 8.12. The third kappa shape index (κ3) is 4.13. The zero-order valence-corrected chi connectivity index (χ0v) is 16.6. The van der Waals surface area contributed by atoms with Crippen LogP contribution in [0.1, 0.15) is 12.8 Å². The summed E-state index contributed by atoms with van der Waals surface area (Å²) in [5.41, 5.74) is -0.343. The van der Waals surface area contributed by atoms with Crippen LogP contribution in [-0.2, 0) is 14.8 Å². The Kier molecular flexibility index (Phi) is 6.87. The maximum atomic E-state index is 12.9. The first-order valence-electron chi connectivity index (χ1n) is 8.31. The maximum Gasteiger partial charge on any atom is 0.241 e. The predicted octanol–water partition coefficient (Wildman–Crippen LogP) is 2.32. The summed E-state index contributed by atoms with van der Waals surface area (Å²) in [6, 6.07) is 10.6. The number of methoxy groups -OCH3 is 2. The molecule has 1 saturated heterocycles. The molecule has 26 heavy (non-hydrogen) atoms. The van der Waals surface area contributed by atoms with Crippen LogP contribution in [0.25, 0.3) is 10.8 Å². The zero-order chi connectivity index (χ0) is 17.9. The third-order valence-corrected chi connectivity index (χ3v) is 6.17. The highest BCUT2D eigenvalue weighted by Crippen LogP contribution is 2.31. The van der Waals surface area contributed by atoms with Crippen molar-refractivity contribution in [2.75, 3.05) is 33.9 Å². The Morgan fingerprint density at radius 1 is 1.15 bits per heavy atom. The van der Waals surface area contributed by atoms with Gasteiger partial charge in [-0.2, -0.15) is 0 Å². The van der Waals surface area contributed by atoms with Crippen LogP contribution in [0.2, 0.25) is 0 Å². The van der Waals surface area contributed by atoms with Crippen molar-refractivity contribution in [2.24, 2.45) is 0 Å². The number of fused-ring (bicyclic) bond motifs is 1. The number of nitrogens with one attached hydrogen (secondary N) is 2. The number of halogens is 1. The van der Waals surface area contributed by atoms with Crippen molar-refractivity contribution >= 4 is 33.2 Å². The van der Waals surface area contributed by atoms with Crippen molar-refractivity contribution in [3.63, 3.8) is 0 Å². The smallest absolute Gasteiger partial charge is 0.241 e. The quantitative estimate of drug-likeness (QED) is 0.745. The predicted molar refractivity (Wildman–Crippen MR) is 105 cm³/mol. The van der Waals surface area contributed by atoms with Crippen molar-refractivity contribution in [3.8, 4) is 5.75 Å². The highest BCUT2D eigenvalue weighted by atomic mass is 35.5. The lowest BCUT2D eigenvalue weighted by atomic mass is 9.99. The summed E-state index contributed by atoms with van der Waals surface area (Å²) < 4.78 is 39.2. The average Bonchev–Trinajstić information content (AvgIpc) is 3.08. The molecule has 0 bridgehead atoms. The van der Waals surface area contributed by atoms with Gasteiger partial charge in [0.25, 0.3) is 0 Å². The molecule has 2 N–H and O–H groups in total. The van der Waals surface area contributed by atoms with Crippen LogP contribution >= 0.6 is 12.4 Å². The summed E-state index contributed by atoms with van der Waals surface area (Å²) in [5, 5.41) is 4.80. The first-order chi connectivity index (χ1) is 12.0. The average molecular weight is 401 g/mol. The van der Waals surface area contributed by atoms with Crippen LogP contribution in [0, 0.1) is 0 Å². The maximum absolute atomic E-state index is 12.9. The molecule has 1 aliphatic rings. The van der Waals surface area contributed by atoms with Crippen LogP contribution in [0.4, 0.5) is 0 Å². The monoisotopic (exact) mass is 400 g/mol. The topological polar surface area (TPSA) is 76.7 Å². The summed E-state index contributed by atoms with van der Waals surface area (Å²) in [5.74, 6) is 0.655. The standard InChI is InChI=1S/C18H24N2O4S.ClH/c1-23-13-18(10-5-11-19-18)12-20-25(21,22)17-9-8-16(24-2)14-6-3-4-7-15(14)17;/h3-4,6-9,19-20H,5,10-13H2,1-2H3;1H. The molecule has 2 aromatic rings. The second-order valence-electron chi connectivity index (χ2n) is 6.38. The number of benzene rings is 2. The first kappa shape index (κ1) is 20.9. The third-order valence-electron chi connectivity index (χ3n) is 4.71. The van der Waals surface area contributed by atoms with E-state index in [2.05, 4.69) is 10.0 Å². The molecule has 1 fully saturated rings. The fraction of sp³-hybridized carbons (Fsp3) is 0.444. The SMILES string of the molecule is COCC1(CNS(=O)(=O)c2ccc(OC)c3ccccc23)CCCN1.Cl. The van der Waals surface area contributed by atoms with E-state index in [1.807, 2.05) is 18.2 Å². The molecule has 8 heteroatoms. The number of hydrogen-bond acceptors (Lipinski definition) is 5. The van der Waals surface area contributed by atoms with Crippen molar-refractivity contribution in [1.82, 2.24) is 10.0 Å². The van der Waals surface area contributed by atoms with E-state index >= 15 is 0 Å². The molecule has 3 rings (SSSR count). The second kappa shape index (κ2) is 8.54. The van der Waals surface area contributed by atoms with Gasteiger partial charge < -0.3 is 14.8 Å². The number of hydrogen-bond donors (Lipinski definition) is 2. The minimum atomic E-state index is -3.66. The molecule has 144 valence electrons. The van der Waals surface area contributed by atoms with Gasteiger partial charge in [0.1, 0.15) is 5.75 Å². The molecule has 0 spiro atoms. The van der Waals surface area contributed by atoms with Gasteiger partial charge in [0.2, 0.25) is 10.0 Å². The van der Waals surface area contributed by atoms with Gasteiger partial charge in [-0.05, 0) is 31.5 Å². The molecule has 1 atom stereocenters. The highest BCUT2D eigenvalue weighted by Gasteiger charge is 2.35. The molecule has 0 aromatic heterocycles. The molecule has 0 radical (unpaired) electrons. The Morgan fingerprint density at radius 3 is 2.50 bits per heavy atom. The first-order valence-corrected chi connectivity index (χ1v) is 9.79. The molecule has 0 aliphatic carbocycles. The van der Waals surface area contributed by atoms with Crippen LogP contribution in [-0.4, -0.2) is 47.9 Å². The Labute approximate surface area is 160 Å². The van der Waals surface area contributed by atoms with Crippen LogP contribution in [0.15, 0.2) is 41.3 Å². The Balaban J connectivity index is 0.00000243. The Hall–Kier alpha value is -1.38. The number of ether oxygens (including phenoxy) is 2. The fourth-order valence-electron chi connectivity index (χ4n) is 3.44. The zero-order valence-electron chi connectivity index (χ0n) is 14.9. The molecular weight excluding hydrogens is 376 g/mol. The highest BCUT2D eigenvalue weighted by molar-refractivity contribution is 7.89. The number of rotatable bonds is 7. The van der Waals surface area contributed by atoms with E-state index in [1.165, 1.54) is 0 Å². The Morgan fingerprint density at radius 2 is 1.88 bits per heavy atom. The van der Waals surface area contributed by atoms with E-state index in [0.29, 0.717) is 24.3 Å². The van der Waals surface area contributed by atoms with Crippen molar-refractivity contribution in [2.45, 2.75) is 23.3 Å². The molecule has 0 saturated carbocycles. The van der Waals surface area contributed by atoms with Gasteiger partial charge in [0.15, 0.2) is 0 Å². The van der Waals surface area contributed by atoms with Crippen LogP contribution in [0.5, 0.6) is 5.75 Å². The molecule has 1 unspecified atom stereocenters. The van der Waals surface area contributed by atoms with Gasteiger partial charge >= 0.3 is 0 Å². The lowest BCUT2D eigenvalue weighted by molar-refractivity contribution is 0.122. The van der Waals surface area contributed by atoms with Gasteiger partial charge in [-0.15, -0.1) is 12.4 Å². The van der Waals surface area contributed by atoms with Crippen molar-refractivity contribution in [3.05, 3.63) is 36.4 Å². The fourth-order valence-corrected chi connectivity index (χ4v) is 4.77. The van der Waals surface area contributed by atoms with Crippen LogP contribution in [0.3, 0.4) is 0 Å². The van der Waals surface area contributed by atoms with E-state index in [1.54, 1.807) is 32.4 Å². The van der Waals surface area contributed by atoms with Crippen LogP contribution < -0.4 is 14.8 Å². The van der Waals surface area contributed by atoms with Gasteiger partial charge in [-0.1, -0.05) is 24.3 Å². The summed E-state index contributed by atoms with van der Waals surface area (Å²) in [4.78, 5) is 0.259. The molecule has 1 aliphatic heterocycles. The van der Waals surface area contributed by atoms with Crippen molar-refractivity contribution < 1.29 is 17.9 Å². The van der Waals surface area contributed by atoms with Gasteiger partial charge in [0.05, 0.1) is 24.2 Å². The summed E-state index contributed by atoms with van der Waals surface area (Å²) in [7, 11) is -0.447. The summed E-state index contributed by atoms with van der Waals surface area (Å²) in [6.45, 7) is 1.64. The summed E-state index contributed by atoms with van der Waals surface area (Å²) in [6.07, 6.45) is 1.89. The Bertz CT molecular complexity index is 851. The van der Waals surface area contributed by atoms with Gasteiger partial charge in [-0.25, -0.2) is 13.1 Å². The molecular formula is C18H25ClN2O4S. The minimum Gasteiger partial charge on any atom is -0.496 e. The normalized spacial score (nSPS) is 20.1. The molecule has 1 heterocycles. The lowest BCUT2D eigenvalue weighted by Gasteiger charge is -2.29. The van der Waals surface area contributed by atoms with Gasteiger partial charge in [-0.3, -0.25) is 0 Å². The van der Waals surface area contributed by atoms with E-state index in [-0.39, 0.29) is 22.8 Å². The number of sulfonamides is 1. The van der Waals surface area contributed by atoms with E-state index in [9.17, 15) is 8.42 Å². The molecule has 2 aromatic carbocycles. The van der Waals surface area contributed by atoms with E-state index in [0.717, 1.165) is 24.8 Å². The lowest BCUT2D eigenvalue weighted by Crippen LogP contribution is -2.52. The van der Waals surface area contributed by atoms with Gasteiger partial charge in [0, 0.05) is 24.4 Å².